The highest BCUT2D eigenvalue weighted by atomic mass is 32.1. The molecule has 1 fully saturated rings. The van der Waals surface area contributed by atoms with Gasteiger partial charge < -0.3 is 5.32 Å². The highest BCUT2D eigenvalue weighted by Crippen LogP contribution is 2.27. The molecule has 1 saturated carbocycles. The lowest BCUT2D eigenvalue weighted by atomic mass is 9.82. The maximum absolute atomic E-state index is 12.4. The highest BCUT2D eigenvalue weighted by Gasteiger charge is 2.25. The molecular formula is C16H23NOS. The number of carbonyl (C=O) groups excluding carboxylic acids is 1. The van der Waals surface area contributed by atoms with Crippen LogP contribution in [0.25, 0.3) is 0 Å². The van der Waals surface area contributed by atoms with Crippen molar-refractivity contribution in [1.29, 1.82) is 0 Å². The molecule has 0 bridgehead atoms. The Bertz CT molecular complexity index is 458. The van der Waals surface area contributed by atoms with E-state index in [2.05, 4.69) is 24.9 Å². The van der Waals surface area contributed by atoms with E-state index in [4.69, 9.17) is 0 Å². The normalized spacial score (nSPS) is 23.1. The largest absolute Gasteiger partial charge is 0.349 e. The zero-order valence-electron chi connectivity index (χ0n) is 11.8. The topological polar surface area (TPSA) is 29.1 Å². The van der Waals surface area contributed by atoms with Gasteiger partial charge in [0, 0.05) is 16.5 Å². The van der Waals surface area contributed by atoms with Gasteiger partial charge in [-0.05, 0) is 43.4 Å². The van der Waals surface area contributed by atoms with E-state index in [-0.39, 0.29) is 5.91 Å². The molecule has 2 rings (SSSR count). The maximum Gasteiger partial charge on any atom is 0.251 e. The Kier molecular flexibility index (Phi) is 4.92. The van der Waals surface area contributed by atoms with Crippen molar-refractivity contribution in [3.05, 3.63) is 29.3 Å². The Morgan fingerprint density at radius 1 is 1.37 bits per heavy atom. The van der Waals surface area contributed by atoms with Gasteiger partial charge in [-0.1, -0.05) is 32.3 Å². The van der Waals surface area contributed by atoms with Crippen molar-refractivity contribution in [2.24, 2.45) is 5.92 Å². The van der Waals surface area contributed by atoms with Gasteiger partial charge in [-0.25, -0.2) is 0 Å². The smallest absolute Gasteiger partial charge is 0.251 e. The zero-order valence-corrected chi connectivity index (χ0v) is 12.7. The van der Waals surface area contributed by atoms with Crippen LogP contribution in [0.4, 0.5) is 0 Å². The van der Waals surface area contributed by atoms with Crippen LogP contribution in [0.2, 0.25) is 0 Å². The van der Waals surface area contributed by atoms with Gasteiger partial charge in [-0.3, -0.25) is 4.79 Å². The SMILES string of the molecule is CCC1CCCCC1NC(=O)c1cc(S)ccc1C. The summed E-state index contributed by atoms with van der Waals surface area (Å²) in [5.41, 5.74) is 1.77. The number of benzene rings is 1. The van der Waals surface area contributed by atoms with Crippen LogP contribution >= 0.6 is 12.6 Å². The van der Waals surface area contributed by atoms with Crippen molar-refractivity contribution >= 4 is 18.5 Å². The summed E-state index contributed by atoms with van der Waals surface area (Å²) in [4.78, 5) is 13.2. The van der Waals surface area contributed by atoms with E-state index in [0.717, 1.165) is 28.9 Å². The number of rotatable bonds is 3. The first-order valence-electron chi connectivity index (χ1n) is 7.22. The Morgan fingerprint density at radius 3 is 2.84 bits per heavy atom. The van der Waals surface area contributed by atoms with Crippen molar-refractivity contribution in [3.63, 3.8) is 0 Å². The molecule has 1 aliphatic carbocycles. The predicted molar refractivity (Wildman–Crippen MR) is 81.9 cm³/mol. The summed E-state index contributed by atoms with van der Waals surface area (Å²) < 4.78 is 0. The van der Waals surface area contributed by atoms with Crippen LogP contribution in [-0.4, -0.2) is 11.9 Å². The molecule has 3 heteroatoms. The fourth-order valence-corrected chi connectivity index (χ4v) is 3.19. The first kappa shape index (κ1) is 14.4. The summed E-state index contributed by atoms with van der Waals surface area (Å²) in [6, 6.07) is 6.08. The van der Waals surface area contributed by atoms with Crippen LogP contribution in [0, 0.1) is 12.8 Å². The quantitative estimate of drug-likeness (QED) is 0.804. The second-order valence-electron chi connectivity index (χ2n) is 5.53. The van der Waals surface area contributed by atoms with Crippen molar-refractivity contribution in [3.8, 4) is 0 Å². The molecule has 0 saturated heterocycles. The van der Waals surface area contributed by atoms with Crippen molar-refractivity contribution in [2.75, 3.05) is 0 Å². The van der Waals surface area contributed by atoms with Gasteiger partial charge in [0.05, 0.1) is 0 Å². The highest BCUT2D eigenvalue weighted by molar-refractivity contribution is 7.80. The fraction of sp³-hybridized carbons (Fsp3) is 0.562. The molecule has 104 valence electrons. The van der Waals surface area contributed by atoms with Gasteiger partial charge in [-0.2, -0.15) is 0 Å². The van der Waals surface area contributed by atoms with E-state index in [1.807, 2.05) is 25.1 Å². The van der Waals surface area contributed by atoms with Gasteiger partial charge in [0.2, 0.25) is 0 Å². The molecule has 1 aliphatic rings. The molecule has 1 amide bonds. The minimum atomic E-state index is 0.0544. The second-order valence-corrected chi connectivity index (χ2v) is 6.05. The van der Waals surface area contributed by atoms with E-state index >= 15 is 0 Å². The molecule has 2 unspecified atom stereocenters. The average molecular weight is 277 g/mol. The molecular weight excluding hydrogens is 254 g/mol. The molecule has 0 aliphatic heterocycles. The van der Waals surface area contributed by atoms with E-state index < -0.39 is 0 Å². The molecule has 0 radical (unpaired) electrons. The van der Waals surface area contributed by atoms with E-state index in [1.165, 1.54) is 19.3 Å². The van der Waals surface area contributed by atoms with Crippen LogP contribution < -0.4 is 5.32 Å². The third-order valence-electron chi connectivity index (χ3n) is 4.22. The van der Waals surface area contributed by atoms with Crippen molar-refractivity contribution in [2.45, 2.75) is 56.9 Å². The molecule has 0 aromatic heterocycles. The number of aryl methyl sites for hydroxylation is 1. The van der Waals surface area contributed by atoms with Gasteiger partial charge in [-0.15, -0.1) is 12.6 Å². The van der Waals surface area contributed by atoms with Gasteiger partial charge >= 0.3 is 0 Å². The molecule has 19 heavy (non-hydrogen) atoms. The number of hydrogen-bond donors (Lipinski definition) is 2. The van der Waals surface area contributed by atoms with E-state index in [9.17, 15) is 4.79 Å². The Hall–Kier alpha value is -0.960. The Labute approximate surface area is 121 Å². The third kappa shape index (κ3) is 3.53. The number of hydrogen-bond acceptors (Lipinski definition) is 2. The summed E-state index contributed by atoms with van der Waals surface area (Å²) in [7, 11) is 0. The first-order chi connectivity index (χ1) is 9.11. The third-order valence-corrected chi connectivity index (χ3v) is 4.49. The number of nitrogens with one attached hydrogen (secondary N) is 1. The van der Waals surface area contributed by atoms with Crippen molar-refractivity contribution < 1.29 is 4.79 Å². The molecule has 2 atom stereocenters. The van der Waals surface area contributed by atoms with Crippen LogP contribution in [0.3, 0.4) is 0 Å². The van der Waals surface area contributed by atoms with Crippen molar-refractivity contribution in [1.82, 2.24) is 5.32 Å². The summed E-state index contributed by atoms with van der Waals surface area (Å²) >= 11 is 4.32. The molecule has 1 aromatic carbocycles. The lowest BCUT2D eigenvalue weighted by Crippen LogP contribution is -2.42. The predicted octanol–water partition coefficient (Wildman–Crippen LogP) is 3.98. The summed E-state index contributed by atoms with van der Waals surface area (Å²) in [5, 5.41) is 3.23. The van der Waals surface area contributed by atoms with E-state index in [1.54, 1.807) is 0 Å². The molecule has 2 nitrogen and oxygen atoms in total. The molecule has 0 heterocycles. The standard InChI is InChI=1S/C16H23NOS/c1-3-12-6-4-5-7-15(12)17-16(18)14-10-13(19)9-8-11(14)2/h8-10,12,15,19H,3-7H2,1-2H3,(H,17,18). The summed E-state index contributed by atoms with van der Waals surface area (Å²) in [6.45, 7) is 4.19. The second kappa shape index (κ2) is 6.47. The number of carbonyl (C=O) groups is 1. The molecule has 1 N–H and O–H groups in total. The van der Waals surface area contributed by atoms with Gasteiger partial charge in [0.25, 0.3) is 5.91 Å². The van der Waals surface area contributed by atoms with Crippen LogP contribution in [0.15, 0.2) is 23.1 Å². The van der Waals surface area contributed by atoms with Gasteiger partial charge in [0.1, 0.15) is 0 Å². The molecule has 0 spiro atoms. The zero-order chi connectivity index (χ0) is 13.8. The van der Waals surface area contributed by atoms with Gasteiger partial charge in [0.15, 0.2) is 0 Å². The fourth-order valence-electron chi connectivity index (χ4n) is 2.99. The first-order valence-corrected chi connectivity index (χ1v) is 7.67. The lowest BCUT2D eigenvalue weighted by molar-refractivity contribution is 0.0904. The lowest BCUT2D eigenvalue weighted by Gasteiger charge is -2.31. The Morgan fingerprint density at radius 2 is 2.11 bits per heavy atom. The monoisotopic (exact) mass is 277 g/mol. The molecule has 1 aromatic rings. The average Bonchev–Trinajstić information content (AvgIpc) is 2.42. The van der Waals surface area contributed by atoms with Crippen LogP contribution in [0.1, 0.15) is 54.9 Å². The minimum Gasteiger partial charge on any atom is -0.349 e. The van der Waals surface area contributed by atoms with Crippen LogP contribution in [-0.2, 0) is 0 Å². The Balaban J connectivity index is 2.09. The summed E-state index contributed by atoms with van der Waals surface area (Å²) in [6.07, 6.45) is 6.04. The van der Waals surface area contributed by atoms with E-state index in [0.29, 0.717) is 12.0 Å². The minimum absolute atomic E-state index is 0.0544. The van der Waals surface area contributed by atoms with Crippen LogP contribution in [0.5, 0.6) is 0 Å². The maximum atomic E-state index is 12.4. The number of amides is 1. The summed E-state index contributed by atoms with van der Waals surface area (Å²) in [5.74, 6) is 0.691. The number of thiol groups is 1.